The smallest absolute Gasteiger partial charge is 0.309 e. The number of hydrazone groups is 1. The molecule has 0 aromatic carbocycles. The van der Waals surface area contributed by atoms with Crippen LogP contribution in [0.3, 0.4) is 0 Å². The van der Waals surface area contributed by atoms with E-state index in [4.69, 9.17) is 4.74 Å². The number of carbonyl (C=O) groups is 3. The molecule has 2 aliphatic heterocycles. The van der Waals surface area contributed by atoms with Gasteiger partial charge in [-0.3, -0.25) is 14.4 Å². The largest absolute Gasteiger partial charge is 0.381 e. The van der Waals surface area contributed by atoms with E-state index >= 15 is 0 Å². The average Bonchev–Trinajstić information content (AvgIpc) is 2.95. The van der Waals surface area contributed by atoms with Crippen LogP contribution in [0, 0.1) is 11.8 Å². The van der Waals surface area contributed by atoms with Gasteiger partial charge in [-0.05, 0) is 38.5 Å². The summed E-state index contributed by atoms with van der Waals surface area (Å²) in [5.41, 5.74) is 2.41. The van der Waals surface area contributed by atoms with Crippen molar-refractivity contribution in [3.05, 3.63) is 0 Å². The minimum Gasteiger partial charge on any atom is -0.381 e. The van der Waals surface area contributed by atoms with Crippen LogP contribution >= 0.6 is 11.8 Å². The molecule has 1 aliphatic carbocycles. The number of hydrogen-bond acceptors (Lipinski definition) is 6. The van der Waals surface area contributed by atoms with Gasteiger partial charge in [0.05, 0.1) is 0 Å². The van der Waals surface area contributed by atoms with Gasteiger partial charge in [-0.25, -0.2) is 5.43 Å². The van der Waals surface area contributed by atoms with Crippen LogP contribution in [0.5, 0.6) is 0 Å². The second kappa shape index (κ2) is 11.1. The Morgan fingerprint density at radius 2 is 1.77 bits per heavy atom. The Kier molecular flexibility index (Phi) is 8.56. The van der Waals surface area contributed by atoms with Gasteiger partial charge in [-0.2, -0.15) is 0 Å². The van der Waals surface area contributed by atoms with E-state index in [1.807, 2.05) is 11.9 Å². The summed E-state index contributed by atoms with van der Waals surface area (Å²) in [5.74, 6) is -0.762. The molecule has 3 rings (SSSR count). The molecule has 168 valence electrons. The molecule has 2 heterocycles. The zero-order valence-electron chi connectivity index (χ0n) is 18.0. The van der Waals surface area contributed by atoms with Gasteiger partial charge in [-0.1, -0.05) is 37.4 Å². The lowest BCUT2D eigenvalue weighted by molar-refractivity contribution is -0.142. The van der Waals surface area contributed by atoms with Gasteiger partial charge in [-0.15, -0.1) is 5.10 Å². The average molecular weight is 439 g/mol. The first kappa shape index (κ1) is 23.1. The third-order valence-electron chi connectivity index (χ3n) is 6.44. The van der Waals surface area contributed by atoms with Crippen LogP contribution < -0.4 is 10.7 Å². The molecule has 30 heavy (non-hydrogen) atoms. The second-order valence-corrected chi connectivity index (χ2v) is 9.58. The number of ketones is 1. The van der Waals surface area contributed by atoms with Gasteiger partial charge in [0.2, 0.25) is 11.7 Å². The molecule has 8 nitrogen and oxygen atoms in total. The monoisotopic (exact) mass is 438 g/mol. The SMILES string of the molecule is C[C@@H]1CS/C(=N/NC(=O)C(=O)C(NC(=O)C2CCCCCC2)C2CCOCC2)N1C. The van der Waals surface area contributed by atoms with E-state index in [0.29, 0.717) is 37.3 Å². The summed E-state index contributed by atoms with van der Waals surface area (Å²) < 4.78 is 5.41. The van der Waals surface area contributed by atoms with Crippen molar-refractivity contribution in [2.45, 2.75) is 70.4 Å². The number of carbonyl (C=O) groups excluding carboxylic acids is 3. The number of Topliss-reactive ketones (excluding diaryl/α,β-unsaturated/α-hetero) is 1. The number of rotatable bonds is 6. The molecule has 0 radical (unpaired) electrons. The van der Waals surface area contributed by atoms with Crippen LogP contribution in [0.1, 0.15) is 58.3 Å². The summed E-state index contributed by atoms with van der Waals surface area (Å²) >= 11 is 1.54. The molecular formula is C21H34N4O4S. The van der Waals surface area contributed by atoms with Gasteiger partial charge < -0.3 is 15.0 Å². The number of amidine groups is 1. The molecule has 0 bridgehead atoms. The zero-order chi connectivity index (χ0) is 21.5. The Balaban J connectivity index is 1.66. The van der Waals surface area contributed by atoms with E-state index < -0.39 is 17.7 Å². The molecule has 0 aromatic rings. The predicted octanol–water partition coefficient (Wildman–Crippen LogP) is 1.89. The molecule has 2 atom stereocenters. The van der Waals surface area contributed by atoms with Crippen LogP contribution in [-0.2, 0) is 19.1 Å². The molecule has 0 spiro atoms. The summed E-state index contributed by atoms with van der Waals surface area (Å²) in [4.78, 5) is 40.5. The number of amides is 2. The maximum Gasteiger partial charge on any atom is 0.309 e. The highest BCUT2D eigenvalue weighted by Crippen LogP contribution is 2.25. The van der Waals surface area contributed by atoms with E-state index in [-0.39, 0.29) is 17.7 Å². The number of hydrogen-bond donors (Lipinski definition) is 2. The third kappa shape index (κ3) is 5.97. The molecule has 1 unspecified atom stereocenters. The number of ether oxygens (including phenoxy) is 1. The standard InChI is InChI=1S/C21H34N4O4S/c1-14-13-30-21(25(14)2)24-23-20(28)18(26)17(15-9-11-29-12-10-15)22-19(27)16-7-5-3-4-6-8-16/h14-17H,3-13H2,1-2H3,(H,22,27)(H,23,28)/b24-21+/t14-,17?/m1/s1. The topological polar surface area (TPSA) is 100 Å². The molecule has 3 fully saturated rings. The van der Waals surface area contributed by atoms with Gasteiger partial charge in [0.1, 0.15) is 6.04 Å². The van der Waals surface area contributed by atoms with Crippen molar-refractivity contribution in [1.29, 1.82) is 0 Å². The Bertz CT molecular complexity index is 657. The van der Waals surface area contributed by atoms with Crippen molar-refractivity contribution in [1.82, 2.24) is 15.6 Å². The van der Waals surface area contributed by atoms with Crippen LogP contribution in [0.25, 0.3) is 0 Å². The third-order valence-corrected chi connectivity index (χ3v) is 7.72. The Hall–Kier alpha value is -1.61. The Morgan fingerprint density at radius 3 is 2.37 bits per heavy atom. The van der Waals surface area contributed by atoms with Crippen LogP contribution in [-0.4, -0.2) is 65.8 Å². The molecular weight excluding hydrogens is 404 g/mol. The van der Waals surface area contributed by atoms with E-state index in [1.165, 1.54) is 0 Å². The number of nitrogens with one attached hydrogen (secondary N) is 2. The van der Waals surface area contributed by atoms with Gasteiger partial charge in [0.25, 0.3) is 0 Å². The first-order chi connectivity index (χ1) is 14.5. The normalized spacial score (nSPS) is 26.3. The number of thioether (sulfide) groups is 1. The first-order valence-electron chi connectivity index (χ1n) is 11.1. The molecule has 2 amide bonds. The van der Waals surface area contributed by atoms with E-state index in [0.717, 1.165) is 44.3 Å². The van der Waals surface area contributed by atoms with Gasteiger partial charge in [0, 0.05) is 38.0 Å². The Morgan fingerprint density at radius 1 is 1.10 bits per heavy atom. The molecule has 9 heteroatoms. The van der Waals surface area contributed by atoms with E-state index in [2.05, 4.69) is 22.8 Å². The summed E-state index contributed by atoms with van der Waals surface area (Å²) in [7, 11) is 1.91. The highest BCUT2D eigenvalue weighted by Gasteiger charge is 2.36. The molecule has 2 saturated heterocycles. The first-order valence-corrected chi connectivity index (χ1v) is 12.1. The highest BCUT2D eigenvalue weighted by molar-refractivity contribution is 8.14. The van der Waals surface area contributed by atoms with Gasteiger partial charge in [0.15, 0.2) is 5.17 Å². The quantitative estimate of drug-likeness (QED) is 0.373. The summed E-state index contributed by atoms with van der Waals surface area (Å²) in [5, 5.41) is 7.76. The van der Waals surface area contributed by atoms with Crippen LogP contribution in [0.4, 0.5) is 0 Å². The van der Waals surface area contributed by atoms with Crippen molar-refractivity contribution in [3.63, 3.8) is 0 Å². The van der Waals surface area contributed by atoms with Crippen molar-refractivity contribution >= 4 is 34.5 Å². The van der Waals surface area contributed by atoms with Crippen molar-refractivity contribution in [2.75, 3.05) is 26.0 Å². The van der Waals surface area contributed by atoms with Crippen molar-refractivity contribution < 1.29 is 19.1 Å². The lowest BCUT2D eigenvalue weighted by Crippen LogP contribution is -2.53. The molecule has 3 aliphatic rings. The fraction of sp³-hybridized carbons (Fsp3) is 0.810. The lowest BCUT2D eigenvalue weighted by atomic mass is 9.87. The second-order valence-electron chi connectivity index (χ2n) is 8.60. The van der Waals surface area contributed by atoms with E-state index in [1.54, 1.807) is 11.8 Å². The van der Waals surface area contributed by atoms with E-state index in [9.17, 15) is 14.4 Å². The zero-order valence-corrected chi connectivity index (χ0v) is 18.8. The summed E-state index contributed by atoms with van der Waals surface area (Å²) in [6.45, 7) is 3.15. The van der Waals surface area contributed by atoms with Gasteiger partial charge >= 0.3 is 5.91 Å². The van der Waals surface area contributed by atoms with Crippen LogP contribution in [0.15, 0.2) is 5.10 Å². The fourth-order valence-electron chi connectivity index (χ4n) is 4.26. The summed E-state index contributed by atoms with van der Waals surface area (Å²) in [6, 6.07) is -0.493. The predicted molar refractivity (Wildman–Crippen MR) is 117 cm³/mol. The molecule has 1 saturated carbocycles. The maximum absolute atomic E-state index is 13.0. The molecule has 0 aromatic heterocycles. The maximum atomic E-state index is 13.0. The Labute approximate surface area is 182 Å². The van der Waals surface area contributed by atoms with Crippen LogP contribution in [0.2, 0.25) is 0 Å². The van der Waals surface area contributed by atoms with Crippen molar-refractivity contribution in [3.8, 4) is 0 Å². The molecule has 2 N–H and O–H groups in total. The fourth-order valence-corrected chi connectivity index (χ4v) is 5.37. The minimum absolute atomic E-state index is 0.0732. The minimum atomic E-state index is -0.822. The lowest BCUT2D eigenvalue weighted by Gasteiger charge is -2.30. The number of nitrogens with zero attached hydrogens (tertiary/aromatic N) is 2. The summed E-state index contributed by atoms with van der Waals surface area (Å²) in [6.07, 6.45) is 7.38. The van der Waals surface area contributed by atoms with Crippen molar-refractivity contribution in [2.24, 2.45) is 16.9 Å². The highest BCUT2D eigenvalue weighted by atomic mass is 32.2.